The van der Waals surface area contributed by atoms with Gasteiger partial charge in [-0.1, -0.05) is 24.3 Å². The molecule has 2 aromatic carbocycles. The number of nitrogens with one attached hydrogen (secondary N) is 2. The van der Waals surface area contributed by atoms with Crippen LogP contribution in [0.2, 0.25) is 0 Å². The molecule has 186 valence electrons. The molecule has 1 fully saturated rings. The summed E-state index contributed by atoms with van der Waals surface area (Å²) in [6, 6.07) is 14.8. The second-order valence-electron chi connectivity index (χ2n) is 9.39. The molecule has 1 unspecified atom stereocenters. The summed E-state index contributed by atoms with van der Waals surface area (Å²) in [5.41, 5.74) is 3.80. The van der Waals surface area contributed by atoms with Crippen molar-refractivity contribution in [1.82, 2.24) is 15.0 Å². The Morgan fingerprint density at radius 3 is 2.26 bits per heavy atom. The molecule has 4 rings (SSSR count). The van der Waals surface area contributed by atoms with Crippen LogP contribution in [0.15, 0.2) is 71.9 Å². The summed E-state index contributed by atoms with van der Waals surface area (Å²) in [5, 5.41) is 13.9. The number of aliphatic hydroxyl groups excluding tert-OH is 1. The highest BCUT2D eigenvalue weighted by Gasteiger charge is 2.30. The molecule has 8 heteroatoms. The van der Waals surface area contributed by atoms with Gasteiger partial charge in [-0.25, -0.2) is 17.5 Å². The highest BCUT2D eigenvalue weighted by molar-refractivity contribution is 7.89. The number of aryl methyl sites for hydroxylation is 1. The number of rotatable bonds is 8. The van der Waals surface area contributed by atoms with Crippen molar-refractivity contribution in [3.63, 3.8) is 0 Å². The predicted octanol–water partition coefficient (Wildman–Crippen LogP) is 4.70. The van der Waals surface area contributed by atoms with Crippen molar-refractivity contribution >= 4 is 10.0 Å². The third-order valence-electron chi connectivity index (χ3n) is 6.70. The van der Waals surface area contributed by atoms with Gasteiger partial charge in [-0.15, -0.1) is 0 Å². The van der Waals surface area contributed by atoms with Crippen molar-refractivity contribution in [2.75, 3.05) is 0 Å². The number of aliphatic hydroxyl groups is 1. The maximum absolute atomic E-state index is 13.1. The lowest BCUT2D eigenvalue weighted by atomic mass is 9.85. The summed E-state index contributed by atoms with van der Waals surface area (Å²) >= 11 is 0. The first-order valence-electron chi connectivity index (χ1n) is 12.0. The van der Waals surface area contributed by atoms with Gasteiger partial charge in [0.2, 0.25) is 10.0 Å². The number of nitrogens with zero attached hydrogens (tertiary/aromatic N) is 1. The van der Waals surface area contributed by atoms with E-state index in [0.717, 1.165) is 22.3 Å². The molecular weight excluding hydrogens is 465 g/mol. The van der Waals surface area contributed by atoms with E-state index in [2.05, 4.69) is 15.0 Å². The van der Waals surface area contributed by atoms with E-state index in [1.165, 1.54) is 12.1 Å². The van der Waals surface area contributed by atoms with E-state index in [0.29, 0.717) is 25.7 Å². The molecule has 0 aliphatic heterocycles. The highest BCUT2D eigenvalue weighted by atomic mass is 32.2. The van der Waals surface area contributed by atoms with Gasteiger partial charge >= 0.3 is 0 Å². The molecule has 1 aromatic heterocycles. The summed E-state index contributed by atoms with van der Waals surface area (Å²) in [6.45, 7) is 3.89. The molecule has 3 N–H and O–H groups in total. The molecule has 35 heavy (non-hydrogen) atoms. The largest absolute Gasteiger partial charge is 0.378 e. The molecule has 0 bridgehead atoms. The van der Waals surface area contributed by atoms with Crippen molar-refractivity contribution < 1.29 is 17.9 Å². The number of hydrogen-bond donors (Lipinski definition) is 3. The molecule has 1 aliphatic rings. The summed E-state index contributed by atoms with van der Waals surface area (Å²) in [7, 11) is -3.64. The van der Waals surface area contributed by atoms with Crippen molar-refractivity contribution in [2.45, 2.75) is 62.7 Å². The van der Waals surface area contributed by atoms with Crippen LogP contribution in [0.1, 0.15) is 49.8 Å². The fourth-order valence-corrected chi connectivity index (χ4v) is 5.92. The zero-order chi connectivity index (χ0) is 25.0. The molecule has 6 nitrogen and oxygen atoms in total. The molecule has 0 spiro atoms. The molecule has 0 saturated heterocycles. The first-order chi connectivity index (χ1) is 16.7. The van der Waals surface area contributed by atoms with E-state index in [1.807, 2.05) is 19.9 Å². The van der Waals surface area contributed by atoms with Gasteiger partial charge in [-0.3, -0.25) is 10.3 Å². The van der Waals surface area contributed by atoms with Gasteiger partial charge in [0.15, 0.2) is 0 Å². The van der Waals surface area contributed by atoms with Gasteiger partial charge in [-0.05, 0) is 92.5 Å². The molecule has 1 aliphatic carbocycles. The van der Waals surface area contributed by atoms with E-state index < -0.39 is 16.3 Å². The molecule has 2 atom stereocenters. The standard InChI is InChI=1S/C27H32FN3O3S/c1-18-15-23(17-29-16-18)21-7-13-26(14-8-21)35(33,34)31-25-11-5-22(6-12-25)27(32)30-19(2)20-3-9-24(28)10-4-20/h3-4,7-10,13-17,19,22,25,27,30-32H,5-6,11-12H2,1-2H3/t19-,22?,25?,27?/m1/s1. The second kappa shape index (κ2) is 11.0. The van der Waals surface area contributed by atoms with Crippen LogP contribution < -0.4 is 10.0 Å². The summed E-state index contributed by atoms with van der Waals surface area (Å²) in [4.78, 5) is 4.43. The van der Waals surface area contributed by atoms with Crippen molar-refractivity contribution in [2.24, 2.45) is 5.92 Å². The van der Waals surface area contributed by atoms with E-state index in [-0.39, 0.29) is 28.7 Å². The molecular formula is C27H32FN3O3S. The lowest BCUT2D eigenvalue weighted by molar-refractivity contribution is 0.0429. The first kappa shape index (κ1) is 25.4. The van der Waals surface area contributed by atoms with Gasteiger partial charge < -0.3 is 5.11 Å². The van der Waals surface area contributed by atoms with Crippen molar-refractivity contribution in [3.05, 3.63) is 83.9 Å². The highest BCUT2D eigenvalue weighted by Crippen LogP contribution is 2.29. The topological polar surface area (TPSA) is 91.3 Å². The Kier molecular flexibility index (Phi) is 7.96. The zero-order valence-corrected chi connectivity index (χ0v) is 20.8. The minimum absolute atomic E-state index is 0.0286. The minimum atomic E-state index is -3.64. The molecule has 1 saturated carbocycles. The lowest BCUT2D eigenvalue weighted by Crippen LogP contribution is -2.43. The van der Waals surface area contributed by atoms with E-state index >= 15 is 0 Å². The van der Waals surface area contributed by atoms with E-state index in [9.17, 15) is 17.9 Å². The van der Waals surface area contributed by atoms with Crippen molar-refractivity contribution in [1.29, 1.82) is 0 Å². The van der Waals surface area contributed by atoms with Gasteiger partial charge in [0.25, 0.3) is 0 Å². The van der Waals surface area contributed by atoms with E-state index in [4.69, 9.17) is 0 Å². The van der Waals surface area contributed by atoms with Crippen LogP contribution in [-0.4, -0.2) is 30.8 Å². The lowest BCUT2D eigenvalue weighted by Gasteiger charge is -2.33. The number of pyridine rings is 1. The Bertz CT molecular complexity index is 1230. The van der Waals surface area contributed by atoms with Gasteiger partial charge in [0, 0.05) is 30.0 Å². The minimum Gasteiger partial charge on any atom is -0.378 e. The average molecular weight is 498 g/mol. The fourth-order valence-electron chi connectivity index (χ4n) is 4.62. The van der Waals surface area contributed by atoms with Crippen molar-refractivity contribution in [3.8, 4) is 11.1 Å². The fraction of sp³-hybridized carbons (Fsp3) is 0.370. The Morgan fingerprint density at radius 1 is 0.971 bits per heavy atom. The van der Waals surface area contributed by atoms with Crippen LogP contribution in [-0.2, 0) is 10.0 Å². The van der Waals surface area contributed by atoms with Crippen LogP contribution >= 0.6 is 0 Å². The van der Waals surface area contributed by atoms with E-state index in [1.54, 1.807) is 48.8 Å². The zero-order valence-electron chi connectivity index (χ0n) is 20.0. The van der Waals surface area contributed by atoms with Gasteiger partial charge in [-0.2, -0.15) is 0 Å². The third-order valence-corrected chi connectivity index (χ3v) is 8.24. The molecule has 0 amide bonds. The van der Waals surface area contributed by atoms with Crippen LogP contribution in [0.25, 0.3) is 11.1 Å². The SMILES string of the molecule is Cc1cncc(-c2ccc(S(=O)(=O)NC3CCC(C(O)N[C@H](C)c4ccc(F)cc4)CC3)cc2)c1. The summed E-state index contributed by atoms with van der Waals surface area (Å²) in [6.07, 6.45) is 5.55. The number of benzene rings is 2. The quantitative estimate of drug-likeness (QED) is 0.393. The molecule has 0 radical (unpaired) electrons. The molecule has 1 heterocycles. The number of sulfonamides is 1. The maximum atomic E-state index is 13.1. The predicted molar refractivity (Wildman–Crippen MR) is 134 cm³/mol. The smallest absolute Gasteiger partial charge is 0.240 e. The Morgan fingerprint density at radius 2 is 1.63 bits per heavy atom. The monoisotopic (exact) mass is 497 g/mol. The maximum Gasteiger partial charge on any atom is 0.240 e. The van der Waals surface area contributed by atoms with Gasteiger partial charge in [0.05, 0.1) is 4.90 Å². The molecule has 3 aromatic rings. The van der Waals surface area contributed by atoms with Crippen LogP contribution in [0, 0.1) is 18.7 Å². The Hall–Kier alpha value is -2.65. The van der Waals surface area contributed by atoms with Crippen LogP contribution in [0.4, 0.5) is 4.39 Å². The number of aromatic nitrogens is 1. The third kappa shape index (κ3) is 6.52. The first-order valence-corrected chi connectivity index (χ1v) is 13.4. The van der Waals surface area contributed by atoms with Crippen LogP contribution in [0.3, 0.4) is 0 Å². The summed E-state index contributed by atoms with van der Waals surface area (Å²) < 4.78 is 41.8. The Labute approximate surface area is 206 Å². The summed E-state index contributed by atoms with van der Waals surface area (Å²) in [5.74, 6) is -0.261. The number of halogens is 1. The second-order valence-corrected chi connectivity index (χ2v) is 11.1. The number of hydrogen-bond acceptors (Lipinski definition) is 5. The Balaban J connectivity index is 1.30. The average Bonchev–Trinajstić information content (AvgIpc) is 2.84. The van der Waals surface area contributed by atoms with Crippen LogP contribution in [0.5, 0.6) is 0 Å². The van der Waals surface area contributed by atoms with Gasteiger partial charge in [0.1, 0.15) is 12.0 Å². The normalized spacial score (nSPS) is 20.3.